The molecule has 0 aromatic heterocycles. The first-order valence-corrected chi connectivity index (χ1v) is 8.22. The molecule has 0 atom stereocenters. The number of aryl methyl sites for hydroxylation is 2. The molecule has 0 saturated carbocycles. The van der Waals surface area contributed by atoms with Crippen molar-refractivity contribution in [3.05, 3.63) is 64.7 Å². The van der Waals surface area contributed by atoms with E-state index in [0.29, 0.717) is 6.61 Å². The molecule has 0 bridgehead atoms. The van der Waals surface area contributed by atoms with E-state index in [1.807, 2.05) is 0 Å². The highest BCUT2D eigenvalue weighted by Crippen LogP contribution is 2.31. The molecule has 22 heavy (non-hydrogen) atoms. The predicted molar refractivity (Wildman–Crippen MR) is 94.6 cm³/mol. The molecule has 0 amide bonds. The van der Waals surface area contributed by atoms with E-state index in [2.05, 4.69) is 77.1 Å². The van der Waals surface area contributed by atoms with Crippen molar-refractivity contribution in [3.8, 4) is 5.75 Å². The van der Waals surface area contributed by atoms with Crippen molar-refractivity contribution in [1.82, 2.24) is 0 Å². The third kappa shape index (κ3) is 4.13. The Hall–Kier alpha value is -1.76. The first kappa shape index (κ1) is 16.6. The molecule has 0 aliphatic heterocycles. The maximum Gasteiger partial charge on any atom is 0.122 e. The molecular formula is C21H28O. The second kappa shape index (κ2) is 7.00. The third-order valence-corrected chi connectivity index (χ3v) is 4.35. The van der Waals surface area contributed by atoms with Crippen LogP contribution in [0.1, 0.15) is 55.9 Å². The summed E-state index contributed by atoms with van der Waals surface area (Å²) in [5.41, 5.74) is 5.33. The molecule has 0 N–H and O–H groups in total. The molecule has 0 heterocycles. The Labute approximate surface area is 135 Å². The SMILES string of the molecule is CCCC(C)(C)c1ccc(OCc2ccc(C)cc2)c(C)c1. The molecule has 0 unspecified atom stereocenters. The Bertz CT molecular complexity index is 608. The Morgan fingerprint density at radius 2 is 1.64 bits per heavy atom. The summed E-state index contributed by atoms with van der Waals surface area (Å²) < 4.78 is 5.99. The maximum absolute atomic E-state index is 5.99. The fourth-order valence-electron chi connectivity index (χ4n) is 2.85. The van der Waals surface area contributed by atoms with E-state index in [1.54, 1.807) is 0 Å². The zero-order valence-corrected chi connectivity index (χ0v) is 14.6. The monoisotopic (exact) mass is 296 g/mol. The largest absolute Gasteiger partial charge is 0.489 e. The summed E-state index contributed by atoms with van der Waals surface area (Å²) in [4.78, 5) is 0. The lowest BCUT2D eigenvalue weighted by Gasteiger charge is -2.25. The maximum atomic E-state index is 5.99. The highest BCUT2D eigenvalue weighted by molar-refractivity contribution is 5.39. The van der Waals surface area contributed by atoms with Crippen molar-refractivity contribution in [2.24, 2.45) is 0 Å². The summed E-state index contributed by atoms with van der Waals surface area (Å²) >= 11 is 0. The highest BCUT2D eigenvalue weighted by atomic mass is 16.5. The molecule has 1 nitrogen and oxygen atoms in total. The van der Waals surface area contributed by atoms with Gasteiger partial charge in [-0.3, -0.25) is 0 Å². The Balaban J connectivity index is 2.08. The molecule has 0 spiro atoms. The summed E-state index contributed by atoms with van der Waals surface area (Å²) in [5, 5.41) is 0. The van der Waals surface area contributed by atoms with Crippen molar-refractivity contribution >= 4 is 0 Å². The number of benzene rings is 2. The van der Waals surface area contributed by atoms with E-state index in [9.17, 15) is 0 Å². The smallest absolute Gasteiger partial charge is 0.122 e. The average Bonchev–Trinajstić information content (AvgIpc) is 2.47. The van der Waals surface area contributed by atoms with Crippen molar-refractivity contribution in [3.63, 3.8) is 0 Å². The van der Waals surface area contributed by atoms with Crippen LogP contribution in [-0.4, -0.2) is 0 Å². The van der Waals surface area contributed by atoms with Gasteiger partial charge in [0, 0.05) is 0 Å². The van der Waals surface area contributed by atoms with E-state index < -0.39 is 0 Å². The molecule has 0 aliphatic carbocycles. The highest BCUT2D eigenvalue weighted by Gasteiger charge is 2.20. The molecule has 2 aromatic carbocycles. The van der Waals surface area contributed by atoms with E-state index in [0.717, 1.165) is 5.75 Å². The fraction of sp³-hybridized carbons (Fsp3) is 0.429. The average molecular weight is 296 g/mol. The topological polar surface area (TPSA) is 9.23 Å². The minimum atomic E-state index is 0.231. The van der Waals surface area contributed by atoms with Gasteiger partial charge in [0.15, 0.2) is 0 Å². The molecule has 0 fully saturated rings. The lowest BCUT2D eigenvalue weighted by molar-refractivity contribution is 0.303. The van der Waals surface area contributed by atoms with Gasteiger partial charge in [0.1, 0.15) is 12.4 Å². The minimum Gasteiger partial charge on any atom is -0.489 e. The van der Waals surface area contributed by atoms with Gasteiger partial charge in [-0.15, -0.1) is 0 Å². The van der Waals surface area contributed by atoms with Crippen LogP contribution in [0, 0.1) is 13.8 Å². The normalized spacial score (nSPS) is 11.5. The van der Waals surface area contributed by atoms with Crippen LogP contribution >= 0.6 is 0 Å². The second-order valence-electron chi connectivity index (χ2n) is 6.89. The molecule has 2 rings (SSSR count). The van der Waals surface area contributed by atoms with Gasteiger partial charge in [-0.25, -0.2) is 0 Å². The van der Waals surface area contributed by atoms with Gasteiger partial charge < -0.3 is 4.74 Å². The van der Waals surface area contributed by atoms with Gasteiger partial charge in [-0.2, -0.15) is 0 Å². The van der Waals surface area contributed by atoms with Gasteiger partial charge in [-0.1, -0.05) is 69.2 Å². The molecule has 118 valence electrons. The number of hydrogen-bond acceptors (Lipinski definition) is 1. The quantitative estimate of drug-likeness (QED) is 0.639. The van der Waals surface area contributed by atoms with Crippen LogP contribution in [0.4, 0.5) is 0 Å². The van der Waals surface area contributed by atoms with Gasteiger partial charge in [0.25, 0.3) is 0 Å². The van der Waals surface area contributed by atoms with E-state index in [1.165, 1.54) is 35.1 Å². The van der Waals surface area contributed by atoms with E-state index in [4.69, 9.17) is 4.74 Å². The third-order valence-electron chi connectivity index (χ3n) is 4.35. The predicted octanol–water partition coefficient (Wildman–Crippen LogP) is 5.96. The second-order valence-corrected chi connectivity index (χ2v) is 6.89. The van der Waals surface area contributed by atoms with Gasteiger partial charge in [0.2, 0.25) is 0 Å². The Morgan fingerprint density at radius 3 is 2.23 bits per heavy atom. The van der Waals surface area contributed by atoms with Crippen LogP contribution in [0.5, 0.6) is 5.75 Å². The first-order chi connectivity index (χ1) is 10.4. The van der Waals surface area contributed by atoms with Crippen molar-refractivity contribution in [2.75, 3.05) is 0 Å². The molecule has 0 radical (unpaired) electrons. The van der Waals surface area contributed by atoms with Crippen LogP contribution in [0.2, 0.25) is 0 Å². The fourth-order valence-corrected chi connectivity index (χ4v) is 2.85. The number of ether oxygens (including phenoxy) is 1. The number of rotatable bonds is 6. The summed E-state index contributed by atoms with van der Waals surface area (Å²) in [6.07, 6.45) is 2.41. The molecule has 0 aliphatic rings. The lowest BCUT2D eigenvalue weighted by atomic mass is 9.80. The zero-order chi connectivity index (χ0) is 16.2. The van der Waals surface area contributed by atoms with Crippen LogP contribution in [0.15, 0.2) is 42.5 Å². The lowest BCUT2D eigenvalue weighted by Crippen LogP contribution is -2.16. The first-order valence-electron chi connectivity index (χ1n) is 8.22. The summed E-state index contributed by atoms with van der Waals surface area (Å²) in [5.74, 6) is 0.983. The molecule has 1 heteroatoms. The van der Waals surface area contributed by atoms with E-state index >= 15 is 0 Å². The van der Waals surface area contributed by atoms with Gasteiger partial charge in [-0.05, 0) is 48.4 Å². The summed E-state index contributed by atoms with van der Waals surface area (Å²) in [7, 11) is 0. The molecule has 0 saturated heterocycles. The van der Waals surface area contributed by atoms with Crippen LogP contribution in [0.3, 0.4) is 0 Å². The summed E-state index contributed by atoms with van der Waals surface area (Å²) in [6.45, 7) is 11.7. The van der Waals surface area contributed by atoms with Gasteiger partial charge in [0.05, 0.1) is 0 Å². The Morgan fingerprint density at radius 1 is 0.955 bits per heavy atom. The van der Waals surface area contributed by atoms with Crippen molar-refractivity contribution < 1.29 is 4.74 Å². The zero-order valence-electron chi connectivity index (χ0n) is 14.6. The van der Waals surface area contributed by atoms with Gasteiger partial charge >= 0.3 is 0 Å². The van der Waals surface area contributed by atoms with Crippen LogP contribution < -0.4 is 4.74 Å². The summed E-state index contributed by atoms with van der Waals surface area (Å²) in [6, 6.07) is 15.1. The van der Waals surface area contributed by atoms with E-state index in [-0.39, 0.29) is 5.41 Å². The molecular weight excluding hydrogens is 268 g/mol. The van der Waals surface area contributed by atoms with Crippen molar-refractivity contribution in [2.45, 2.75) is 59.5 Å². The number of hydrogen-bond donors (Lipinski definition) is 0. The molecule has 2 aromatic rings. The van der Waals surface area contributed by atoms with Crippen molar-refractivity contribution in [1.29, 1.82) is 0 Å². The van der Waals surface area contributed by atoms with Crippen LogP contribution in [-0.2, 0) is 12.0 Å². The standard InChI is InChI=1S/C21H28O/c1-6-13-21(4,5)19-11-12-20(17(3)14-19)22-15-18-9-7-16(2)8-10-18/h7-12,14H,6,13,15H2,1-5H3. The van der Waals surface area contributed by atoms with Crippen LogP contribution in [0.25, 0.3) is 0 Å². The Kier molecular flexibility index (Phi) is 5.28. The minimum absolute atomic E-state index is 0.231.